The van der Waals surface area contributed by atoms with Crippen molar-refractivity contribution in [2.45, 2.75) is 18.2 Å². The molecule has 28 heavy (non-hydrogen) atoms. The Morgan fingerprint density at radius 2 is 1.86 bits per heavy atom. The van der Waals surface area contributed by atoms with E-state index in [-0.39, 0.29) is 4.90 Å². The molecule has 0 unspecified atom stereocenters. The van der Waals surface area contributed by atoms with E-state index in [9.17, 15) is 8.42 Å². The summed E-state index contributed by atoms with van der Waals surface area (Å²) in [6, 6.07) is 18.1. The second-order valence-corrected chi connectivity index (χ2v) is 8.03. The van der Waals surface area contributed by atoms with Gasteiger partial charge >= 0.3 is 0 Å². The average molecular weight is 398 g/mol. The van der Waals surface area contributed by atoms with E-state index in [1.54, 1.807) is 37.4 Å². The second kappa shape index (κ2) is 8.75. The molecule has 0 atom stereocenters. The molecule has 0 aliphatic heterocycles. The molecule has 0 bridgehead atoms. The number of hydrogen-bond acceptors (Lipinski definition) is 5. The maximum atomic E-state index is 12.5. The fourth-order valence-electron chi connectivity index (χ4n) is 2.79. The number of benzene rings is 2. The summed E-state index contributed by atoms with van der Waals surface area (Å²) < 4.78 is 32.8. The third-order valence-corrected chi connectivity index (χ3v) is 5.59. The number of methoxy groups -OCH3 is 1. The molecule has 0 aliphatic carbocycles. The highest BCUT2D eigenvalue weighted by Gasteiger charge is 2.14. The Bertz CT molecular complexity index is 1030. The van der Waals surface area contributed by atoms with E-state index in [0.717, 1.165) is 23.3 Å². The Morgan fingerprint density at radius 3 is 2.57 bits per heavy atom. The van der Waals surface area contributed by atoms with Gasteiger partial charge in [-0.1, -0.05) is 30.3 Å². The number of aryl methyl sites for hydroxylation is 1. The standard InChI is InChI=1S/C21H23N3O3S/c1-16-6-5-8-19(14-16)28(25,26)24-18-10-11-21(23-15-18)22-13-12-17-7-3-4-9-20(17)27-2/h3-11,14-15,24H,12-13H2,1-2H3,(H,22,23). The lowest BCUT2D eigenvalue weighted by atomic mass is 10.1. The summed E-state index contributed by atoms with van der Waals surface area (Å²) >= 11 is 0. The van der Waals surface area contributed by atoms with Crippen LogP contribution in [-0.4, -0.2) is 27.1 Å². The fourth-order valence-corrected chi connectivity index (χ4v) is 3.94. The molecule has 0 aliphatic rings. The molecule has 0 amide bonds. The maximum absolute atomic E-state index is 12.5. The molecular weight excluding hydrogens is 374 g/mol. The highest BCUT2D eigenvalue weighted by molar-refractivity contribution is 7.92. The lowest BCUT2D eigenvalue weighted by molar-refractivity contribution is 0.410. The SMILES string of the molecule is COc1ccccc1CCNc1ccc(NS(=O)(=O)c2cccc(C)c2)cn1. The number of pyridine rings is 1. The molecule has 2 N–H and O–H groups in total. The Balaban J connectivity index is 1.59. The minimum Gasteiger partial charge on any atom is -0.496 e. The third kappa shape index (κ3) is 5.01. The average Bonchev–Trinajstić information content (AvgIpc) is 2.69. The molecule has 3 rings (SSSR count). The van der Waals surface area contributed by atoms with Crippen LogP contribution in [-0.2, 0) is 16.4 Å². The predicted molar refractivity (Wildman–Crippen MR) is 111 cm³/mol. The lowest BCUT2D eigenvalue weighted by Gasteiger charge is -2.11. The number of hydrogen-bond donors (Lipinski definition) is 2. The molecular formula is C21H23N3O3S. The van der Waals surface area contributed by atoms with E-state index in [2.05, 4.69) is 15.0 Å². The molecule has 0 spiro atoms. The molecule has 1 aromatic heterocycles. The minimum atomic E-state index is -3.63. The first-order valence-corrected chi connectivity index (χ1v) is 10.4. The topological polar surface area (TPSA) is 80.3 Å². The van der Waals surface area contributed by atoms with Gasteiger partial charge < -0.3 is 10.1 Å². The zero-order valence-electron chi connectivity index (χ0n) is 15.8. The molecule has 0 saturated heterocycles. The minimum absolute atomic E-state index is 0.228. The van der Waals surface area contributed by atoms with Gasteiger partial charge in [-0.25, -0.2) is 13.4 Å². The van der Waals surface area contributed by atoms with Crippen molar-refractivity contribution in [1.82, 2.24) is 4.98 Å². The Morgan fingerprint density at radius 1 is 1.04 bits per heavy atom. The van der Waals surface area contributed by atoms with Crippen molar-refractivity contribution >= 4 is 21.5 Å². The maximum Gasteiger partial charge on any atom is 0.261 e. The van der Waals surface area contributed by atoms with E-state index < -0.39 is 10.0 Å². The molecule has 7 heteroatoms. The van der Waals surface area contributed by atoms with E-state index >= 15 is 0 Å². The molecule has 0 radical (unpaired) electrons. The Hall–Kier alpha value is -3.06. The highest BCUT2D eigenvalue weighted by Crippen LogP contribution is 2.19. The van der Waals surface area contributed by atoms with Crippen LogP contribution in [0.25, 0.3) is 0 Å². The quantitative estimate of drug-likeness (QED) is 0.603. The first kappa shape index (κ1) is 19.7. The Labute approximate surface area is 165 Å². The number of rotatable bonds is 8. The van der Waals surface area contributed by atoms with Crippen molar-refractivity contribution in [3.8, 4) is 5.75 Å². The number of anilines is 2. The number of para-hydroxylation sites is 1. The zero-order chi connectivity index (χ0) is 20.0. The van der Waals surface area contributed by atoms with Gasteiger partial charge in [-0.3, -0.25) is 4.72 Å². The van der Waals surface area contributed by atoms with Crippen molar-refractivity contribution in [2.75, 3.05) is 23.7 Å². The number of sulfonamides is 1. The van der Waals surface area contributed by atoms with Crippen LogP contribution in [0.3, 0.4) is 0 Å². The fraction of sp³-hybridized carbons (Fsp3) is 0.190. The van der Waals surface area contributed by atoms with Gasteiger partial charge in [-0.15, -0.1) is 0 Å². The monoisotopic (exact) mass is 397 g/mol. The second-order valence-electron chi connectivity index (χ2n) is 6.34. The normalized spacial score (nSPS) is 11.1. The lowest BCUT2D eigenvalue weighted by Crippen LogP contribution is -2.13. The van der Waals surface area contributed by atoms with Crippen molar-refractivity contribution in [1.29, 1.82) is 0 Å². The van der Waals surface area contributed by atoms with Crippen molar-refractivity contribution in [3.05, 3.63) is 78.0 Å². The van der Waals surface area contributed by atoms with Gasteiger partial charge in [0.25, 0.3) is 10.0 Å². The van der Waals surface area contributed by atoms with Gasteiger partial charge in [0.15, 0.2) is 0 Å². The first-order valence-electron chi connectivity index (χ1n) is 8.89. The van der Waals surface area contributed by atoms with Crippen LogP contribution in [0.4, 0.5) is 11.5 Å². The van der Waals surface area contributed by atoms with Crippen molar-refractivity contribution in [2.24, 2.45) is 0 Å². The predicted octanol–water partition coefficient (Wildman–Crippen LogP) is 3.85. The van der Waals surface area contributed by atoms with Gasteiger partial charge in [-0.05, 0) is 54.8 Å². The number of nitrogens with zero attached hydrogens (tertiary/aromatic N) is 1. The molecule has 0 saturated carbocycles. The number of nitrogens with one attached hydrogen (secondary N) is 2. The van der Waals surface area contributed by atoms with Gasteiger partial charge in [0, 0.05) is 6.54 Å². The van der Waals surface area contributed by atoms with E-state index in [1.165, 1.54) is 6.20 Å². The van der Waals surface area contributed by atoms with Gasteiger partial charge in [0.05, 0.1) is 23.9 Å². The van der Waals surface area contributed by atoms with E-state index in [0.29, 0.717) is 18.1 Å². The largest absolute Gasteiger partial charge is 0.496 e. The summed E-state index contributed by atoms with van der Waals surface area (Å²) in [4.78, 5) is 4.51. The van der Waals surface area contributed by atoms with Crippen LogP contribution in [0.15, 0.2) is 71.8 Å². The van der Waals surface area contributed by atoms with Crippen molar-refractivity contribution in [3.63, 3.8) is 0 Å². The van der Waals surface area contributed by atoms with E-state index in [4.69, 9.17) is 4.74 Å². The summed E-state index contributed by atoms with van der Waals surface area (Å²) in [7, 11) is -1.98. The summed E-state index contributed by atoms with van der Waals surface area (Å²) in [5, 5.41) is 3.23. The summed E-state index contributed by atoms with van der Waals surface area (Å²) in [5.41, 5.74) is 2.41. The van der Waals surface area contributed by atoms with Crippen LogP contribution in [0.5, 0.6) is 5.75 Å². The zero-order valence-corrected chi connectivity index (χ0v) is 16.7. The molecule has 3 aromatic rings. The van der Waals surface area contributed by atoms with Crippen LogP contribution in [0, 0.1) is 6.92 Å². The molecule has 2 aromatic carbocycles. The van der Waals surface area contributed by atoms with Crippen LogP contribution in [0.2, 0.25) is 0 Å². The summed E-state index contributed by atoms with van der Waals surface area (Å²) in [6.45, 7) is 2.54. The molecule has 0 fully saturated rings. The van der Waals surface area contributed by atoms with Gasteiger partial charge in [0.1, 0.15) is 11.6 Å². The van der Waals surface area contributed by atoms with Crippen LogP contribution < -0.4 is 14.8 Å². The molecule has 146 valence electrons. The number of ether oxygens (including phenoxy) is 1. The molecule has 6 nitrogen and oxygen atoms in total. The number of aromatic nitrogens is 1. The third-order valence-electron chi connectivity index (χ3n) is 4.21. The Kier molecular flexibility index (Phi) is 6.16. The van der Waals surface area contributed by atoms with Crippen molar-refractivity contribution < 1.29 is 13.2 Å². The smallest absolute Gasteiger partial charge is 0.261 e. The van der Waals surface area contributed by atoms with Gasteiger partial charge in [0.2, 0.25) is 0 Å². The van der Waals surface area contributed by atoms with Crippen LogP contribution in [0.1, 0.15) is 11.1 Å². The first-order chi connectivity index (χ1) is 13.5. The molecule has 1 heterocycles. The van der Waals surface area contributed by atoms with Crippen LogP contribution >= 0.6 is 0 Å². The van der Waals surface area contributed by atoms with E-state index in [1.807, 2.05) is 37.3 Å². The summed E-state index contributed by atoms with van der Waals surface area (Å²) in [6.07, 6.45) is 2.28. The summed E-state index contributed by atoms with van der Waals surface area (Å²) in [5.74, 6) is 1.53. The highest BCUT2D eigenvalue weighted by atomic mass is 32.2. The van der Waals surface area contributed by atoms with Gasteiger partial charge in [-0.2, -0.15) is 0 Å².